The molecule has 24 heavy (non-hydrogen) atoms. The summed E-state index contributed by atoms with van der Waals surface area (Å²) in [7, 11) is 0. The number of rotatable bonds is 15. The van der Waals surface area contributed by atoms with Crippen LogP contribution >= 0.6 is 0 Å². The highest BCUT2D eigenvalue weighted by Gasteiger charge is 2.30. The maximum absolute atomic E-state index is 11.3. The molecule has 0 aromatic carbocycles. The van der Waals surface area contributed by atoms with Crippen molar-refractivity contribution in [1.82, 2.24) is 0 Å². The summed E-state index contributed by atoms with van der Waals surface area (Å²) in [4.78, 5) is 22.2. The Balaban J connectivity index is 1.79. The Morgan fingerprint density at radius 3 is 1.79 bits per heavy atom. The van der Waals surface area contributed by atoms with Gasteiger partial charge in [-0.15, -0.1) is 0 Å². The fourth-order valence-electron chi connectivity index (χ4n) is 3.18. The topological polar surface area (TPSA) is 43.4 Å². The van der Waals surface area contributed by atoms with Crippen LogP contribution in [0.15, 0.2) is 12.2 Å². The van der Waals surface area contributed by atoms with Crippen LogP contribution in [0.2, 0.25) is 0 Å². The predicted molar refractivity (Wildman–Crippen MR) is 98.7 cm³/mol. The molecule has 0 aromatic rings. The predicted octanol–water partition coefficient (Wildman–Crippen LogP) is 6.11. The molecule has 1 saturated heterocycles. The molecule has 1 fully saturated rings. The third kappa shape index (κ3) is 10.6. The number of esters is 2. The Labute approximate surface area is 148 Å². The second-order valence-electron chi connectivity index (χ2n) is 7.06. The number of carbonyl (C=O) groups excluding carboxylic acids is 2. The van der Waals surface area contributed by atoms with Crippen molar-refractivity contribution in [3.63, 3.8) is 0 Å². The van der Waals surface area contributed by atoms with Gasteiger partial charge >= 0.3 is 11.9 Å². The molecule has 1 atom stereocenters. The zero-order chi connectivity index (χ0) is 17.5. The van der Waals surface area contributed by atoms with Crippen LogP contribution in [-0.2, 0) is 14.3 Å². The standard InChI is InChI=1S/C21H36O3/c1-2-3-4-5-6-7-8-9-10-11-12-13-14-15-16-17-19-18-20(22)24-21(19)23/h16-17,19H,2-15,18H2,1H3/b17-16-. The number of carbonyl (C=O) groups is 2. The first-order chi connectivity index (χ1) is 11.7. The highest BCUT2D eigenvalue weighted by Crippen LogP contribution is 2.18. The molecule has 1 heterocycles. The average Bonchev–Trinajstić information content (AvgIpc) is 2.88. The van der Waals surface area contributed by atoms with Gasteiger partial charge in [-0.2, -0.15) is 0 Å². The third-order valence-electron chi connectivity index (χ3n) is 4.75. The van der Waals surface area contributed by atoms with Crippen LogP contribution in [0.4, 0.5) is 0 Å². The van der Waals surface area contributed by atoms with Crippen LogP contribution in [-0.4, -0.2) is 11.9 Å². The van der Waals surface area contributed by atoms with E-state index in [4.69, 9.17) is 0 Å². The number of hydrogen-bond acceptors (Lipinski definition) is 3. The number of ether oxygens (including phenoxy) is 1. The highest BCUT2D eigenvalue weighted by molar-refractivity contribution is 5.95. The van der Waals surface area contributed by atoms with Crippen molar-refractivity contribution in [2.24, 2.45) is 5.92 Å². The smallest absolute Gasteiger partial charge is 0.321 e. The van der Waals surface area contributed by atoms with Gasteiger partial charge in [0.2, 0.25) is 0 Å². The van der Waals surface area contributed by atoms with E-state index in [1.54, 1.807) is 0 Å². The zero-order valence-electron chi connectivity index (χ0n) is 15.6. The summed E-state index contributed by atoms with van der Waals surface area (Å²) in [5.41, 5.74) is 0. The molecule has 3 nitrogen and oxygen atoms in total. The summed E-state index contributed by atoms with van der Waals surface area (Å²) in [5.74, 6) is -1.11. The van der Waals surface area contributed by atoms with Crippen molar-refractivity contribution in [2.45, 2.75) is 103 Å². The molecule has 0 N–H and O–H groups in total. The minimum absolute atomic E-state index is 0.216. The second kappa shape index (κ2) is 14.2. The molecule has 0 bridgehead atoms. The first-order valence-electron chi connectivity index (χ1n) is 10.1. The molecular formula is C21H36O3. The quantitative estimate of drug-likeness (QED) is 0.157. The zero-order valence-corrected chi connectivity index (χ0v) is 15.6. The number of cyclic esters (lactones) is 2. The van der Waals surface area contributed by atoms with Crippen molar-refractivity contribution < 1.29 is 14.3 Å². The Kier molecular flexibility index (Phi) is 12.4. The van der Waals surface area contributed by atoms with E-state index in [9.17, 15) is 9.59 Å². The maximum Gasteiger partial charge on any atom is 0.321 e. The van der Waals surface area contributed by atoms with Gasteiger partial charge in [0.25, 0.3) is 0 Å². The Morgan fingerprint density at radius 2 is 1.33 bits per heavy atom. The monoisotopic (exact) mass is 336 g/mol. The van der Waals surface area contributed by atoms with Gasteiger partial charge in [0.15, 0.2) is 0 Å². The molecule has 0 aliphatic carbocycles. The number of unbranched alkanes of at least 4 members (excludes halogenated alkanes) is 13. The van der Waals surface area contributed by atoms with E-state index in [0.717, 1.165) is 6.42 Å². The van der Waals surface area contributed by atoms with E-state index in [1.165, 1.54) is 83.5 Å². The van der Waals surface area contributed by atoms with Crippen LogP contribution in [0.1, 0.15) is 103 Å². The van der Waals surface area contributed by atoms with Crippen molar-refractivity contribution in [1.29, 1.82) is 0 Å². The highest BCUT2D eigenvalue weighted by atomic mass is 16.6. The average molecular weight is 337 g/mol. The Morgan fingerprint density at radius 1 is 0.833 bits per heavy atom. The molecule has 138 valence electrons. The first kappa shape index (κ1) is 20.9. The molecule has 0 spiro atoms. The fourth-order valence-corrected chi connectivity index (χ4v) is 3.18. The largest absolute Gasteiger partial charge is 0.393 e. The van der Waals surface area contributed by atoms with E-state index in [2.05, 4.69) is 11.7 Å². The van der Waals surface area contributed by atoms with Gasteiger partial charge in [-0.3, -0.25) is 9.59 Å². The summed E-state index contributed by atoms with van der Waals surface area (Å²) >= 11 is 0. The van der Waals surface area contributed by atoms with Gasteiger partial charge in [-0.05, 0) is 12.8 Å². The van der Waals surface area contributed by atoms with E-state index in [-0.39, 0.29) is 18.3 Å². The summed E-state index contributed by atoms with van der Waals surface area (Å²) in [5, 5.41) is 0. The lowest BCUT2D eigenvalue weighted by molar-refractivity contribution is -0.152. The fraction of sp³-hybridized carbons (Fsp3) is 0.810. The molecule has 0 aromatic heterocycles. The molecule has 1 rings (SSSR count). The normalized spacial score (nSPS) is 17.8. The van der Waals surface area contributed by atoms with Crippen LogP contribution < -0.4 is 0 Å². The SMILES string of the molecule is CCCCCCCCCCCCCCC/C=C\C1CC(=O)OC1=O. The lowest BCUT2D eigenvalue weighted by Gasteiger charge is -2.02. The molecule has 1 unspecified atom stereocenters. The van der Waals surface area contributed by atoms with Crippen molar-refractivity contribution in [2.75, 3.05) is 0 Å². The minimum Gasteiger partial charge on any atom is -0.393 e. The maximum atomic E-state index is 11.3. The van der Waals surface area contributed by atoms with Crippen LogP contribution in [0.25, 0.3) is 0 Å². The second-order valence-corrected chi connectivity index (χ2v) is 7.06. The van der Waals surface area contributed by atoms with Gasteiger partial charge in [-0.1, -0.05) is 96.1 Å². The molecule has 0 radical (unpaired) electrons. The van der Waals surface area contributed by atoms with Crippen molar-refractivity contribution in [3.8, 4) is 0 Å². The summed E-state index contributed by atoms with van der Waals surface area (Å²) in [6.45, 7) is 2.27. The van der Waals surface area contributed by atoms with Gasteiger partial charge in [0.1, 0.15) is 0 Å². The van der Waals surface area contributed by atoms with Gasteiger partial charge in [-0.25, -0.2) is 0 Å². The van der Waals surface area contributed by atoms with Gasteiger partial charge < -0.3 is 4.74 Å². The summed E-state index contributed by atoms with van der Waals surface area (Å²) < 4.78 is 4.52. The van der Waals surface area contributed by atoms with E-state index >= 15 is 0 Å². The van der Waals surface area contributed by atoms with Crippen molar-refractivity contribution in [3.05, 3.63) is 12.2 Å². The Bertz CT molecular complexity index is 373. The molecule has 3 heteroatoms. The van der Waals surface area contributed by atoms with Gasteiger partial charge in [0.05, 0.1) is 12.3 Å². The third-order valence-corrected chi connectivity index (χ3v) is 4.75. The number of allylic oxidation sites excluding steroid dienone is 1. The molecule has 1 aliphatic rings. The lowest BCUT2D eigenvalue weighted by Crippen LogP contribution is -2.03. The Hall–Kier alpha value is -1.12. The van der Waals surface area contributed by atoms with E-state index in [0.29, 0.717) is 0 Å². The van der Waals surface area contributed by atoms with Crippen molar-refractivity contribution >= 4 is 11.9 Å². The van der Waals surface area contributed by atoms with E-state index < -0.39 is 5.97 Å². The minimum atomic E-state index is -0.393. The molecular weight excluding hydrogens is 300 g/mol. The lowest BCUT2D eigenvalue weighted by atomic mass is 10.0. The molecule has 0 amide bonds. The summed E-state index contributed by atoms with van der Waals surface area (Å²) in [6, 6.07) is 0. The summed E-state index contributed by atoms with van der Waals surface area (Å²) in [6.07, 6.45) is 22.8. The molecule has 1 aliphatic heterocycles. The van der Waals surface area contributed by atoms with Crippen LogP contribution in [0.5, 0.6) is 0 Å². The first-order valence-corrected chi connectivity index (χ1v) is 10.1. The van der Waals surface area contributed by atoms with Crippen LogP contribution in [0.3, 0.4) is 0 Å². The van der Waals surface area contributed by atoms with Crippen LogP contribution in [0, 0.1) is 5.92 Å². The molecule has 0 saturated carbocycles. The van der Waals surface area contributed by atoms with Gasteiger partial charge in [0, 0.05) is 0 Å². The van der Waals surface area contributed by atoms with E-state index in [1.807, 2.05) is 12.2 Å². The number of hydrogen-bond donors (Lipinski definition) is 0.